The molecule has 0 fully saturated rings. The molecule has 5 nitrogen and oxygen atoms in total. The average Bonchev–Trinajstić information content (AvgIpc) is 2.64. The molecule has 1 aromatic heterocycles. The molecule has 1 N–H and O–H groups in total. The highest BCUT2D eigenvalue weighted by atomic mass is 16.5. The van der Waals surface area contributed by atoms with Gasteiger partial charge in [0.2, 0.25) is 0 Å². The molecule has 0 unspecified atom stereocenters. The quantitative estimate of drug-likeness (QED) is 0.728. The molecule has 3 aromatic rings. The molecule has 0 saturated carbocycles. The van der Waals surface area contributed by atoms with Crippen molar-refractivity contribution in [1.29, 1.82) is 0 Å². The fourth-order valence-corrected chi connectivity index (χ4v) is 4.03. The van der Waals surface area contributed by atoms with Gasteiger partial charge in [-0.2, -0.15) is 4.98 Å². The topological polar surface area (TPSA) is 56.1 Å². The fourth-order valence-electron chi connectivity index (χ4n) is 4.03. The van der Waals surface area contributed by atoms with Crippen molar-refractivity contribution in [3.05, 3.63) is 69.1 Å². The van der Waals surface area contributed by atoms with Crippen molar-refractivity contribution in [3.63, 3.8) is 0 Å². The van der Waals surface area contributed by atoms with Gasteiger partial charge in [0.1, 0.15) is 11.6 Å². The SMILES string of the molecule is CCOc1ccc2c(c1)CCn1c-2cc(Nc2c(C)cc(C)cc2C)nc1=O. The van der Waals surface area contributed by atoms with E-state index in [-0.39, 0.29) is 5.69 Å². The molecule has 0 saturated heterocycles. The first-order chi connectivity index (χ1) is 13.5. The zero-order chi connectivity index (χ0) is 19.8. The zero-order valence-corrected chi connectivity index (χ0v) is 16.8. The lowest BCUT2D eigenvalue weighted by molar-refractivity contribution is 0.340. The average molecular weight is 375 g/mol. The van der Waals surface area contributed by atoms with E-state index in [9.17, 15) is 4.79 Å². The third-order valence-corrected chi connectivity index (χ3v) is 5.21. The van der Waals surface area contributed by atoms with Crippen molar-refractivity contribution in [2.45, 2.75) is 40.7 Å². The van der Waals surface area contributed by atoms with E-state index >= 15 is 0 Å². The number of ether oxygens (including phenoxy) is 1. The Hall–Kier alpha value is -3.08. The third-order valence-electron chi connectivity index (χ3n) is 5.21. The minimum absolute atomic E-state index is 0.220. The van der Waals surface area contributed by atoms with Crippen LogP contribution < -0.4 is 15.7 Å². The second kappa shape index (κ2) is 7.15. The predicted molar refractivity (Wildman–Crippen MR) is 113 cm³/mol. The lowest BCUT2D eigenvalue weighted by Gasteiger charge is -2.23. The minimum atomic E-state index is -0.220. The predicted octanol–water partition coefficient (Wildman–Crippen LogP) is 4.53. The lowest BCUT2D eigenvalue weighted by Crippen LogP contribution is -2.28. The molecule has 2 heterocycles. The summed E-state index contributed by atoms with van der Waals surface area (Å²) in [6.07, 6.45) is 0.799. The number of aryl methyl sites for hydroxylation is 4. The molecule has 0 amide bonds. The number of anilines is 2. The molecule has 0 radical (unpaired) electrons. The lowest BCUT2D eigenvalue weighted by atomic mass is 9.97. The Labute approximate surface area is 165 Å². The Morgan fingerprint density at radius 1 is 1.11 bits per heavy atom. The Morgan fingerprint density at radius 3 is 2.57 bits per heavy atom. The molecular formula is C23H25N3O2. The van der Waals surface area contributed by atoms with Gasteiger partial charge in [0.05, 0.1) is 12.3 Å². The second-order valence-corrected chi connectivity index (χ2v) is 7.36. The van der Waals surface area contributed by atoms with E-state index in [1.54, 1.807) is 4.57 Å². The largest absolute Gasteiger partial charge is 0.494 e. The summed E-state index contributed by atoms with van der Waals surface area (Å²) in [5.41, 5.74) is 7.44. The number of nitrogens with zero attached hydrogens (tertiary/aromatic N) is 2. The van der Waals surface area contributed by atoms with E-state index in [2.05, 4.69) is 49.3 Å². The number of fused-ring (bicyclic) bond motifs is 3. The van der Waals surface area contributed by atoms with Gasteiger partial charge in [0.15, 0.2) is 0 Å². The maximum absolute atomic E-state index is 12.7. The van der Waals surface area contributed by atoms with Crippen LogP contribution in [0.4, 0.5) is 11.5 Å². The van der Waals surface area contributed by atoms with Crippen LogP contribution in [0.5, 0.6) is 5.75 Å². The molecule has 144 valence electrons. The van der Waals surface area contributed by atoms with Crippen LogP contribution in [-0.4, -0.2) is 16.2 Å². The summed E-state index contributed by atoms with van der Waals surface area (Å²) in [5, 5.41) is 3.37. The molecule has 28 heavy (non-hydrogen) atoms. The van der Waals surface area contributed by atoms with Gasteiger partial charge in [0, 0.05) is 23.9 Å². The van der Waals surface area contributed by atoms with Gasteiger partial charge in [0.25, 0.3) is 0 Å². The third kappa shape index (κ3) is 3.28. The van der Waals surface area contributed by atoms with Crippen LogP contribution in [0.15, 0.2) is 41.2 Å². The second-order valence-electron chi connectivity index (χ2n) is 7.36. The van der Waals surface area contributed by atoms with E-state index in [0.29, 0.717) is 19.0 Å². The molecule has 2 aromatic carbocycles. The first-order valence-electron chi connectivity index (χ1n) is 9.69. The van der Waals surface area contributed by atoms with Crippen LogP contribution in [0, 0.1) is 20.8 Å². The van der Waals surface area contributed by atoms with Crippen molar-refractivity contribution in [2.75, 3.05) is 11.9 Å². The summed E-state index contributed by atoms with van der Waals surface area (Å²) in [6.45, 7) is 9.47. The molecule has 1 aliphatic heterocycles. The smallest absolute Gasteiger partial charge is 0.350 e. The standard InChI is InChI=1S/C23H25N3O2/c1-5-28-18-6-7-19-17(12-18)8-9-26-20(19)13-21(25-23(26)27)24-22-15(3)10-14(2)11-16(22)4/h6-7,10-13H,5,8-9H2,1-4H3,(H,24,25,27). The molecule has 0 bridgehead atoms. The van der Waals surface area contributed by atoms with Crippen LogP contribution in [0.2, 0.25) is 0 Å². The Balaban J connectivity index is 1.77. The van der Waals surface area contributed by atoms with Gasteiger partial charge >= 0.3 is 5.69 Å². The number of aromatic nitrogens is 2. The van der Waals surface area contributed by atoms with Crippen molar-refractivity contribution < 1.29 is 4.74 Å². The molecule has 0 spiro atoms. The Bertz CT molecular complexity index is 1090. The number of nitrogens with one attached hydrogen (secondary N) is 1. The molecule has 0 aliphatic carbocycles. The van der Waals surface area contributed by atoms with Crippen molar-refractivity contribution in [2.24, 2.45) is 0 Å². The van der Waals surface area contributed by atoms with E-state index in [4.69, 9.17) is 4.74 Å². The van der Waals surface area contributed by atoms with Gasteiger partial charge in [-0.15, -0.1) is 0 Å². The first kappa shape index (κ1) is 18.3. The van der Waals surface area contributed by atoms with E-state index < -0.39 is 0 Å². The van der Waals surface area contributed by atoms with Crippen molar-refractivity contribution in [3.8, 4) is 17.0 Å². The van der Waals surface area contributed by atoms with Gasteiger partial charge < -0.3 is 10.1 Å². The maximum Gasteiger partial charge on any atom is 0.350 e. The number of benzene rings is 2. The Kier molecular flexibility index (Phi) is 4.67. The van der Waals surface area contributed by atoms with E-state index in [1.807, 2.05) is 25.1 Å². The molecule has 4 rings (SSSR count). The summed E-state index contributed by atoms with van der Waals surface area (Å²) < 4.78 is 7.38. The Morgan fingerprint density at radius 2 is 1.86 bits per heavy atom. The van der Waals surface area contributed by atoms with Crippen LogP contribution >= 0.6 is 0 Å². The van der Waals surface area contributed by atoms with Gasteiger partial charge in [-0.3, -0.25) is 4.57 Å². The van der Waals surface area contributed by atoms with E-state index in [0.717, 1.165) is 40.2 Å². The van der Waals surface area contributed by atoms with Crippen molar-refractivity contribution >= 4 is 11.5 Å². The van der Waals surface area contributed by atoms with Crippen LogP contribution in [0.25, 0.3) is 11.3 Å². The number of rotatable bonds is 4. The number of hydrogen-bond acceptors (Lipinski definition) is 4. The monoisotopic (exact) mass is 375 g/mol. The van der Waals surface area contributed by atoms with E-state index in [1.165, 1.54) is 11.1 Å². The highest BCUT2D eigenvalue weighted by molar-refractivity contribution is 5.72. The summed E-state index contributed by atoms with van der Waals surface area (Å²) in [6, 6.07) is 12.3. The maximum atomic E-state index is 12.7. The number of hydrogen-bond donors (Lipinski definition) is 1. The minimum Gasteiger partial charge on any atom is -0.494 e. The highest BCUT2D eigenvalue weighted by Crippen LogP contribution is 2.33. The fraction of sp³-hybridized carbons (Fsp3) is 0.304. The van der Waals surface area contributed by atoms with Gasteiger partial charge in [-0.05, 0) is 69.0 Å². The van der Waals surface area contributed by atoms with Gasteiger partial charge in [-0.1, -0.05) is 17.7 Å². The molecule has 1 aliphatic rings. The molecule has 5 heteroatoms. The van der Waals surface area contributed by atoms with Crippen LogP contribution in [-0.2, 0) is 13.0 Å². The van der Waals surface area contributed by atoms with Crippen LogP contribution in [0.1, 0.15) is 29.2 Å². The summed E-state index contributed by atoms with van der Waals surface area (Å²) >= 11 is 0. The normalized spacial score (nSPS) is 12.3. The van der Waals surface area contributed by atoms with Gasteiger partial charge in [-0.25, -0.2) is 4.79 Å². The zero-order valence-electron chi connectivity index (χ0n) is 16.8. The highest BCUT2D eigenvalue weighted by Gasteiger charge is 2.19. The first-order valence-corrected chi connectivity index (χ1v) is 9.69. The summed E-state index contributed by atoms with van der Waals surface area (Å²) in [7, 11) is 0. The molecular weight excluding hydrogens is 350 g/mol. The van der Waals surface area contributed by atoms with Crippen LogP contribution in [0.3, 0.4) is 0 Å². The van der Waals surface area contributed by atoms with Crippen molar-refractivity contribution in [1.82, 2.24) is 9.55 Å². The molecule has 0 atom stereocenters. The summed E-state index contributed by atoms with van der Waals surface area (Å²) in [5.74, 6) is 1.45. The summed E-state index contributed by atoms with van der Waals surface area (Å²) in [4.78, 5) is 16.9.